The number of hydrogen-bond donors (Lipinski definition) is 1. The van der Waals surface area contributed by atoms with Gasteiger partial charge in [0.15, 0.2) is 0 Å². The third kappa shape index (κ3) is 6.45. The average Bonchev–Trinajstić information content (AvgIpc) is 3.32. The van der Waals surface area contributed by atoms with Gasteiger partial charge in [-0.15, -0.1) is 0 Å². The standard InChI is InChI=1S/C24H35N3O5/c1-3-32-22(29)12-11-21(28)26-13-15-27(16-14-26)23(18-7-4-5-8-18)24(30)25-19-9-6-10-20(17-19)31-2/h6,9-10,17-18,23H,3-5,7-8,11-16H2,1-2H3,(H,25,30)/t23-/m0/s1. The van der Waals surface area contributed by atoms with E-state index in [1.165, 1.54) is 0 Å². The number of ether oxygens (including phenoxy) is 2. The molecule has 0 aromatic heterocycles. The molecule has 1 aliphatic carbocycles. The molecule has 32 heavy (non-hydrogen) atoms. The number of rotatable bonds is 9. The van der Waals surface area contributed by atoms with Crippen molar-refractivity contribution in [3.05, 3.63) is 24.3 Å². The predicted molar refractivity (Wildman–Crippen MR) is 121 cm³/mol. The van der Waals surface area contributed by atoms with Crippen LogP contribution in [-0.2, 0) is 19.1 Å². The zero-order valence-corrected chi connectivity index (χ0v) is 19.2. The number of carbonyl (C=O) groups excluding carboxylic acids is 3. The van der Waals surface area contributed by atoms with Gasteiger partial charge in [0.25, 0.3) is 0 Å². The van der Waals surface area contributed by atoms with Crippen LogP contribution in [0.4, 0.5) is 5.69 Å². The maximum absolute atomic E-state index is 13.3. The number of nitrogens with zero attached hydrogens (tertiary/aromatic N) is 2. The summed E-state index contributed by atoms with van der Waals surface area (Å²) in [5.41, 5.74) is 0.727. The van der Waals surface area contributed by atoms with Gasteiger partial charge in [-0.2, -0.15) is 0 Å². The molecule has 0 spiro atoms. The molecule has 0 bridgehead atoms. The fourth-order valence-electron chi connectivity index (χ4n) is 4.72. The number of esters is 1. The average molecular weight is 446 g/mol. The first kappa shape index (κ1) is 24.0. The number of amides is 2. The molecule has 1 saturated heterocycles. The summed E-state index contributed by atoms with van der Waals surface area (Å²) in [6.45, 7) is 4.51. The molecular weight excluding hydrogens is 410 g/mol. The molecule has 1 heterocycles. The summed E-state index contributed by atoms with van der Waals surface area (Å²) >= 11 is 0. The van der Waals surface area contributed by atoms with Gasteiger partial charge in [-0.1, -0.05) is 18.9 Å². The van der Waals surface area contributed by atoms with E-state index in [9.17, 15) is 14.4 Å². The van der Waals surface area contributed by atoms with E-state index in [0.29, 0.717) is 44.5 Å². The number of benzene rings is 1. The molecule has 2 amide bonds. The Morgan fingerprint density at radius 2 is 1.81 bits per heavy atom. The fourth-order valence-corrected chi connectivity index (χ4v) is 4.72. The molecule has 1 aliphatic heterocycles. The van der Waals surface area contributed by atoms with Gasteiger partial charge >= 0.3 is 5.97 Å². The van der Waals surface area contributed by atoms with Crippen molar-refractivity contribution in [3.8, 4) is 5.75 Å². The van der Waals surface area contributed by atoms with Gasteiger partial charge < -0.3 is 19.7 Å². The Hall–Kier alpha value is -2.61. The number of anilines is 1. The summed E-state index contributed by atoms with van der Waals surface area (Å²) < 4.78 is 10.2. The Morgan fingerprint density at radius 1 is 1.09 bits per heavy atom. The molecule has 2 fully saturated rings. The Balaban J connectivity index is 1.59. The molecular formula is C24H35N3O5. The van der Waals surface area contributed by atoms with Crippen LogP contribution in [0.1, 0.15) is 45.4 Å². The Morgan fingerprint density at radius 3 is 2.47 bits per heavy atom. The van der Waals surface area contributed by atoms with Crippen molar-refractivity contribution < 1.29 is 23.9 Å². The summed E-state index contributed by atoms with van der Waals surface area (Å²) in [4.78, 5) is 41.4. The number of methoxy groups -OCH3 is 1. The second kappa shape index (κ2) is 11.9. The number of hydrogen-bond acceptors (Lipinski definition) is 6. The molecule has 1 N–H and O–H groups in total. The molecule has 1 atom stereocenters. The van der Waals surface area contributed by atoms with Gasteiger partial charge in [0, 0.05) is 44.4 Å². The van der Waals surface area contributed by atoms with E-state index in [-0.39, 0.29) is 36.7 Å². The molecule has 176 valence electrons. The van der Waals surface area contributed by atoms with Gasteiger partial charge in [-0.3, -0.25) is 19.3 Å². The largest absolute Gasteiger partial charge is 0.497 e. The minimum atomic E-state index is -0.338. The first-order valence-electron chi connectivity index (χ1n) is 11.6. The van der Waals surface area contributed by atoms with Crippen LogP contribution in [0.15, 0.2) is 24.3 Å². The lowest BCUT2D eigenvalue weighted by atomic mass is 9.94. The van der Waals surface area contributed by atoms with Gasteiger partial charge in [-0.25, -0.2) is 0 Å². The van der Waals surface area contributed by atoms with Crippen molar-refractivity contribution in [1.29, 1.82) is 0 Å². The van der Waals surface area contributed by atoms with Crippen LogP contribution in [0.3, 0.4) is 0 Å². The summed E-state index contributed by atoms with van der Waals surface area (Å²) in [5.74, 6) is 0.667. The van der Waals surface area contributed by atoms with Crippen LogP contribution in [0.5, 0.6) is 5.75 Å². The predicted octanol–water partition coefficient (Wildman–Crippen LogP) is 2.68. The van der Waals surface area contributed by atoms with Gasteiger partial charge in [-0.05, 0) is 37.8 Å². The van der Waals surface area contributed by atoms with Crippen LogP contribution in [-0.4, -0.2) is 73.5 Å². The first-order chi connectivity index (χ1) is 15.5. The highest BCUT2D eigenvalue weighted by atomic mass is 16.5. The van der Waals surface area contributed by atoms with E-state index >= 15 is 0 Å². The molecule has 8 nitrogen and oxygen atoms in total. The second-order valence-electron chi connectivity index (χ2n) is 8.43. The number of nitrogens with one attached hydrogen (secondary N) is 1. The van der Waals surface area contributed by atoms with Gasteiger partial charge in [0.2, 0.25) is 11.8 Å². The van der Waals surface area contributed by atoms with Crippen molar-refractivity contribution in [3.63, 3.8) is 0 Å². The summed E-state index contributed by atoms with van der Waals surface area (Å²) in [6, 6.07) is 7.19. The van der Waals surface area contributed by atoms with E-state index < -0.39 is 0 Å². The molecule has 0 unspecified atom stereocenters. The summed E-state index contributed by atoms with van der Waals surface area (Å²) in [7, 11) is 1.61. The minimum absolute atomic E-state index is 0.00670. The monoisotopic (exact) mass is 445 g/mol. The second-order valence-corrected chi connectivity index (χ2v) is 8.43. The number of piperazine rings is 1. The van der Waals surface area contributed by atoms with E-state index in [4.69, 9.17) is 9.47 Å². The summed E-state index contributed by atoms with van der Waals surface area (Å²) in [5, 5.41) is 3.08. The smallest absolute Gasteiger partial charge is 0.306 e. The molecule has 2 aliphatic rings. The van der Waals surface area contributed by atoms with E-state index in [1.54, 1.807) is 18.9 Å². The van der Waals surface area contributed by atoms with Gasteiger partial charge in [0.1, 0.15) is 5.75 Å². The van der Waals surface area contributed by atoms with Crippen LogP contribution in [0, 0.1) is 5.92 Å². The first-order valence-corrected chi connectivity index (χ1v) is 11.6. The number of carbonyl (C=O) groups is 3. The zero-order chi connectivity index (χ0) is 22.9. The maximum atomic E-state index is 13.3. The highest BCUT2D eigenvalue weighted by Crippen LogP contribution is 2.32. The quantitative estimate of drug-likeness (QED) is 0.588. The van der Waals surface area contributed by atoms with E-state index in [2.05, 4.69) is 10.2 Å². The molecule has 1 aromatic carbocycles. The van der Waals surface area contributed by atoms with Crippen LogP contribution < -0.4 is 10.1 Å². The van der Waals surface area contributed by atoms with E-state index in [0.717, 1.165) is 31.4 Å². The van der Waals surface area contributed by atoms with Crippen LogP contribution >= 0.6 is 0 Å². The van der Waals surface area contributed by atoms with Crippen molar-refractivity contribution in [1.82, 2.24) is 9.80 Å². The zero-order valence-electron chi connectivity index (χ0n) is 19.2. The lowest BCUT2D eigenvalue weighted by molar-refractivity contribution is -0.146. The fraction of sp³-hybridized carbons (Fsp3) is 0.625. The highest BCUT2D eigenvalue weighted by Gasteiger charge is 2.37. The SMILES string of the molecule is CCOC(=O)CCC(=O)N1CCN([C@H](C(=O)Nc2cccc(OC)c2)C2CCCC2)CC1. The molecule has 8 heteroatoms. The van der Waals surface area contributed by atoms with Crippen molar-refractivity contribution in [2.45, 2.75) is 51.5 Å². The Bertz CT molecular complexity index is 786. The van der Waals surface area contributed by atoms with Crippen molar-refractivity contribution >= 4 is 23.5 Å². The van der Waals surface area contributed by atoms with E-state index in [1.807, 2.05) is 24.3 Å². The lowest BCUT2D eigenvalue weighted by Crippen LogP contribution is -2.56. The van der Waals surface area contributed by atoms with Crippen molar-refractivity contribution in [2.75, 3.05) is 45.2 Å². The van der Waals surface area contributed by atoms with Crippen LogP contribution in [0.2, 0.25) is 0 Å². The highest BCUT2D eigenvalue weighted by molar-refractivity contribution is 5.95. The van der Waals surface area contributed by atoms with Crippen molar-refractivity contribution in [2.24, 2.45) is 5.92 Å². The Kier molecular flexibility index (Phi) is 8.90. The van der Waals surface area contributed by atoms with Gasteiger partial charge in [0.05, 0.1) is 26.2 Å². The van der Waals surface area contributed by atoms with Crippen LogP contribution in [0.25, 0.3) is 0 Å². The third-order valence-corrected chi connectivity index (χ3v) is 6.36. The molecule has 1 aromatic rings. The normalized spacial score (nSPS) is 18.2. The third-order valence-electron chi connectivity index (χ3n) is 6.36. The Labute approximate surface area is 190 Å². The molecule has 3 rings (SSSR count). The topological polar surface area (TPSA) is 88.2 Å². The lowest BCUT2D eigenvalue weighted by Gasteiger charge is -2.40. The molecule has 0 radical (unpaired) electrons. The molecule has 1 saturated carbocycles. The summed E-state index contributed by atoms with van der Waals surface area (Å²) in [6.07, 6.45) is 4.69. The maximum Gasteiger partial charge on any atom is 0.306 e. The minimum Gasteiger partial charge on any atom is -0.497 e.